The fraction of sp³-hybridized carbons (Fsp3) is 0.500. The van der Waals surface area contributed by atoms with Crippen LogP contribution in [0.2, 0.25) is 16.6 Å². The van der Waals surface area contributed by atoms with Crippen LogP contribution < -0.4 is 5.32 Å². The molecule has 31 heavy (non-hydrogen) atoms. The molecule has 2 rings (SSSR count). The van der Waals surface area contributed by atoms with Crippen molar-refractivity contribution in [2.75, 3.05) is 5.32 Å². The zero-order valence-corrected chi connectivity index (χ0v) is 21.4. The van der Waals surface area contributed by atoms with E-state index in [9.17, 15) is 9.90 Å². The number of ether oxygens (including phenoxy) is 1. The summed E-state index contributed by atoms with van der Waals surface area (Å²) in [5.74, 6) is 3.54. The fourth-order valence-electron chi connectivity index (χ4n) is 4.61. The van der Waals surface area contributed by atoms with Gasteiger partial charge in [0.05, 0.1) is 0 Å². The fourth-order valence-corrected chi connectivity index (χ4v) is 9.83. The molecule has 2 aromatic rings. The average molecular weight is 440 g/mol. The number of hydrogen-bond acceptors (Lipinski definition) is 3. The molecule has 2 N–H and O–H groups in total. The molecule has 0 atom stereocenters. The third kappa shape index (κ3) is 5.62. The predicted octanol–water partition coefficient (Wildman–Crippen LogP) is 7.46. The molecule has 0 bridgehead atoms. The topological polar surface area (TPSA) is 58.6 Å². The molecule has 0 aliphatic rings. The summed E-state index contributed by atoms with van der Waals surface area (Å²) in [5, 5.41) is 15.0. The predicted molar refractivity (Wildman–Crippen MR) is 133 cm³/mol. The molecule has 1 amide bonds. The lowest BCUT2D eigenvalue weighted by Gasteiger charge is -2.38. The summed E-state index contributed by atoms with van der Waals surface area (Å²) in [7, 11) is -1.89. The third-order valence-corrected chi connectivity index (χ3v) is 12.2. The van der Waals surface area contributed by atoms with E-state index in [1.807, 2.05) is 45.0 Å². The van der Waals surface area contributed by atoms with Crippen molar-refractivity contribution in [3.05, 3.63) is 35.9 Å². The minimum absolute atomic E-state index is 0.0966. The Morgan fingerprint density at radius 1 is 1.03 bits per heavy atom. The molecule has 0 radical (unpaired) electrons. The van der Waals surface area contributed by atoms with Crippen LogP contribution in [0.25, 0.3) is 10.8 Å². The molecule has 0 aromatic heterocycles. The first-order chi connectivity index (χ1) is 14.3. The van der Waals surface area contributed by atoms with Crippen LogP contribution in [-0.2, 0) is 4.74 Å². The maximum atomic E-state index is 12.1. The van der Waals surface area contributed by atoms with Crippen LogP contribution in [-0.4, -0.2) is 24.9 Å². The minimum Gasteiger partial charge on any atom is -0.507 e. The van der Waals surface area contributed by atoms with Crippen LogP contribution >= 0.6 is 0 Å². The van der Waals surface area contributed by atoms with Crippen LogP contribution in [0.4, 0.5) is 10.5 Å². The second-order valence-electron chi connectivity index (χ2n) is 10.2. The summed E-state index contributed by atoms with van der Waals surface area (Å²) in [5.41, 5.74) is 6.05. The summed E-state index contributed by atoms with van der Waals surface area (Å²) in [6, 6.07) is 9.19. The van der Waals surface area contributed by atoms with Gasteiger partial charge in [-0.15, -0.1) is 5.54 Å². The number of amides is 1. The lowest BCUT2D eigenvalue weighted by atomic mass is 10.0. The Bertz CT molecular complexity index is 985. The zero-order chi connectivity index (χ0) is 23.6. The molecule has 0 unspecified atom stereocenters. The second-order valence-corrected chi connectivity index (χ2v) is 15.8. The van der Waals surface area contributed by atoms with E-state index >= 15 is 0 Å². The van der Waals surface area contributed by atoms with Gasteiger partial charge in [-0.25, -0.2) is 4.79 Å². The maximum absolute atomic E-state index is 12.1. The van der Waals surface area contributed by atoms with Crippen LogP contribution in [0.1, 0.15) is 67.9 Å². The Labute approximate surface area is 188 Å². The van der Waals surface area contributed by atoms with E-state index in [-0.39, 0.29) is 5.75 Å². The van der Waals surface area contributed by atoms with Gasteiger partial charge in [0.2, 0.25) is 0 Å². The molecule has 168 valence electrons. The van der Waals surface area contributed by atoms with E-state index in [4.69, 9.17) is 4.74 Å². The monoisotopic (exact) mass is 439 g/mol. The van der Waals surface area contributed by atoms with Crippen molar-refractivity contribution in [3.8, 4) is 17.2 Å². The third-order valence-electron chi connectivity index (χ3n) is 5.88. The number of nitrogens with one attached hydrogen (secondary N) is 1. The van der Waals surface area contributed by atoms with E-state index in [2.05, 4.69) is 58.3 Å². The number of benzene rings is 2. The zero-order valence-electron chi connectivity index (χ0n) is 20.4. The van der Waals surface area contributed by atoms with E-state index in [0.717, 1.165) is 10.9 Å². The highest BCUT2D eigenvalue weighted by Crippen LogP contribution is 2.41. The number of anilines is 1. The SMILES string of the molecule is CC(C)[Si](C#Cc1cccc2cc(NC(=O)OC(C)(C)C)cc(O)c12)(C(C)C)C(C)C. The quantitative estimate of drug-likeness (QED) is 0.384. The Morgan fingerprint density at radius 2 is 1.61 bits per heavy atom. The number of hydrogen-bond donors (Lipinski definition) is 2. The summed E-state index contributed by atoms with van der Waals surface area (Å²) in [6.45, 7) is 19.2. The normalized spacial score (nSPS) is 12.3. The number of phenolic OH excluding ortho intramolecular Hbond substituents is 1. The van der Waals surface area contributed by atoms with Gasteiger partial charge >= 0.3 is 6.09 Å². The molecule has 0 fully saturated rings. The van der Waals surface area contributed by atoms with Crippen LogP contribution in [0.15, 0.2) is 30.3 Å². The summed E-state index contributed by atoms with van der Waals surface area (Å²) in [6.07, 6.45) is -0.552. The van der Waals surface area contributed by atoms with Crippen LogP contribution in [0, 0.1) is 11.5 Å². The van der Waals surface area contributed by atoms with E-state index in [1.54, 1.807) is 6.07 Å². The van der Waals surface area contributed by atoms with Gasteiger partial charge in [-0.2, -0.15) is 0 Å². The van der Waals surface area contributed by atoms with Gasteiger partial charge in [-0.1, -0.05) is 59.6 Å². The van der Waals surface area contributed by atoms with Gasteiger partial charge in [0, 0.05) is 22.7 Å². The van der Waals surface area contributed by atoms with Crippen molar-refractivity contribution in [1.82, 2.24) is 0 Å². The number of aromatic hydroxyl groups is 1. The molecular formula is C26H37NO3Si. The van der Waals surface area contributed by atoms with Gasteiger partial charge in [-0.05, 0) is 54.9 Å². The van der Waals surface area contributed by atoms with Gasteiger partial charge in [-0.3, -0.25) is 5.32 Å². The highest BCUT2D eigenvalue weighted by Gasteiger charge is 2.41. The van der Waals surface area contributed by atoms with E-state index < -0.39 is 19.8 Å². The molecule has 5 heteroatoms. The van der Waals surface area contributed by atoms with Crippen LogP contribution in [0.5, 0.6) is 5.75 Å². The Kier molecular flexibility index (Phi) is 7.49. The lowest BCUT2D eigenvalue weighted by molar-refractivity contribution is 0.0636. The van der Waals surface area contributed by atoms with Gasteiger partial charge in [0.1, 0.15) is 19.4 Å². The number of phenols is 1. The van der Waals surface area contributed by atoms with E-state index in [1.165, 1.54) is 0 Å². The molecule has 0 spiro atoms. The molecule has 0 aliphatic heterocycles. The Hall–Kier alpha value is -2.45. The molecule has 0 aliphatic carbocycles. The number of carbonyl (C=O) groups is 1. The van der Waals surface area contributed by atoms with Crippen molar-refractivity contribution in [1.29, 1.82) is 0 Å². The first-order valence-corrected chi connectivity index (χ1v) is 13.3. The number of carbonyl (C=O) groups excluding carboxylic acids is 1. The summed E-state index contributed by atoms with van der Waals surface area (Å²) >= 11 is 0. The lowest BCUT2D eigenvalue weighted by Crippen LogP contribution is -2.43. The van der Waals surface area contributed by atoms with E-state index in [0.29, 0.717) is 27.7 Å². The Morgan fingerprint density at radius 3 is 2.13 bits per heavy atom. The first kappa shape index (κ1) is 24.8. The van der Waals surface area contributed by atoms with Gasteiger partial charge in [0.25, 0.3) is 0 Å². The smallest absolute Gasteiger partial charge is 0.412 e. The number of fused-ring (bicyclic) bond motifs is 1. The molecule has 0 saturated heterocycles. The molecule has 4 nitrogen and oxygen atoms in total. The Balaban J connectivity index is 2.51. The highest BCUT2D eigenvalue weighted by atomic mass is 28.3. The summed E-state index contributed by atoms with van der Waals surface area (Å²) in [4.78, 5) is 12.1. The summed E-state index contributed by atoms with van der Waals surface area (Å²) < 4.78 is 5.31. The molecular weight excluding hydrogens is 402 g/mol. The van der Waals surface area contributed by atoms with Crippen molar-refractivity contribution >= 4 is 30.6 Å². The molecule has 0 heterocycles. The van der Waals surface area contributed by atoms with Crippen molar-refractivity contribution in [2.24, 2.45) is 0 Å². The molecule has 0 saturated carbocycles. The average Bonchev–Trinajstić information content (AvgIpc) is 2.59. The van der Waals surface area contributed by atoms with Gasteiger partial charge in [0.15, 0.2) is 0 Å². The van der Waals surface area contributed by atoms with Crippen molar-refractivity contribution < 1.29 is 14.6 Å². The minimum atomic E-state index is -1.89. The second kappa shape index (κ2) is 9.36. The van der Waals surface area contributed by atoms with Gasteiger partial charge < -0.3 is 9.84 Å². The van der Waals surface area contributed by atoms with Crippen molar-refractivity contribution in [3.63, 3.8) is 0 Å². The highest BCUT2D eigenvalue weighted by molar-refractivity contribution is 6.90. The first-order valence-electron chi connectivity index (χ1n) is 11.1. The van der Waals surface area contributed by atoms with Crippen molar-refractivity contribution in [2.45, 2.75) is 84.5 Å². The standard InChI is InChI=1S/C26H37NO3Si/c1-17(2)31(18(3)4,19(5)6)14-13-20-11-10-12-21-15-22(16-23(28)24(20)21)27-25(29)30-26(7,8)9/h10-12,15-19,28H,1-9H3,(H,27,29). The maximum Gasteiger partial charge on any atom is 0.412 e. The largest absolute Gasteiger partial charge is 0.507 e. The molecule has 2 aromatic carbocycles. The van der Waals surface area contributed by atoms with Crippen LogP contribution in [0.3, 0.4) is 0 Å². The number of rotatable bonds is 4.